The molecule has 1 aromatic carbocycles. The van der Waals surface area contributed by atoms with Crippen LogP contribution in [0.3, 0.4) is 0 Å². The normalized spacial score (nSPS) is 26.2. The second-order valence-electron chi connectivity index (χ2n) is 8.72. The highest BCUT2D eigenvalue weighted by Crippen LogP contribution is 2.63. The molecular formula is C21H26ClN5OS. The Labute approximate surface area is 180 Å². The molecule has 2 aromatic rings. The summed E-state index contributed by atoms with van der Waals surface area (Å²) >= 11 is 7.60. The van der Waals surface area contributed by atoms with Crippen LogP contribution in [0.4, 0.5) is 0 Å². The van der Waals surface area contributed by atoms with E-state index in [1.165, 1.54) is 18.2 Å². The van der Waals surface area contributed by atoms with Crippen molar-refractivity contribution in [1.82, 2.24) is 20.2 Å². The van der Waals surface area contributed by atoms with Crippen LogP contribution in [0.25, 0.3) is 11.4 Å². The maximum atomic E-state index is 12.4. The van der Waals surface area contributed by atoms with Gasteiger partial charge in [0.2, 0.25) is 0 Å². The minimum atomic E-state index is -0.131. The molecule has 1 N–H and O–H groups in total. The minimum Gasteiger partial charge on any atom is -0.305 e. The van der Waals surface area contributed by atoms with E-state index in [4.69, 9.17) is 11.6 Å². The average Bonchev–Trinajstić information content (AvgIpc) is 3.22. The summed E-state index contributed by atoms with van der Waals surface area (Å²) in [5.41, 5.74) is 5.05. The molecular weight excluding hydrogens is 406 g/mol. The Bertz CT molecular complexity index is 985. The van der Waals surface area contributed by atoms with Crippen LogP contribution in [0.15, 0.2) is 34.5 Å². The number of benzene rings is 1. The Morgan fingerprint density at radius 1 is 1.34 bits per heavy atom. The summed E-state index contributed by atoms with van der Waals surface area (Å²) in [7, 11) is 1.87. The van der Waals surface area contributed by atoms with Gasteiger partial charge in [-0.2, -0.15) is 5.10 Å². The highest BCUT2D eigenvalue weighted by molar-refractivity contribution is 7.99. The number of carbonyl (C=O) groups excluding carboxylic acids is 1. The van der Waals surface area contributed by atoms with Gasteiger partial charge in [0.1, 0.15) is 0 Å². The Morgan fingerprint density at radius 2 is 2.10 bits per heavy atom. The van der Waals surface area contributed by atoms with Gasteiger partial charge in [-0.25, -0.2) is 5.43 Å². The Morgan fingerprint density at radius 3 is 2.76 bits per heavy atom. The van der Waals surface area contributed by atoms with E-state index in [9.17, 15) is 4.79 Å². The molecule has 4 rings (SSSR count). The lowest BCUT2D eigenvalue weighted by molar-refractivity contribution is -0.118. The molecule has 2 atom stereocenters. The molecule has 29 heavy (non-hydrogen) atoms. The van der Waals surface area contributed by atoms with E-state index in [2.05, 4.69) is 41.5 Å². The van der Waals surface area contributed by atoms with Gasteiger partial charge >= 0.3 is 0 Å². The van der Waals surface area contributed by atoms with Crippen LogP contribution in [0, 0.1) is 16.7 Å². The summed E-state index contributed by atoms with van der Waals surface area (Å²) in [5.74, 6) is 1.44. The fourth-order valence-corrected chi connectivity index (χ4v) is 5.63. The fraction of sp³-hybridized carbons (Fsp3) is 0.524. The highest BCUT2D eigenvalue weighted by atomic mass is 35.5. The summed E-state index contributed by atoms with van der Waals surface area (Å²) in [5, 5.41) is 14.2. The molecule has 2 unspecified atom stereocenters. The third-order valence-electron chi connectivity index (χ3n) is 7.11. The zero-order valence-electron chi connectivity index (χ0n) is 17.2. The Kier molecular flexibility index (Phi) is 5.23. The predicted molar refractivity (Wildman–Crippen MR) is 117 cm³/mol. The first-order chi connectivity index (χ1) is 13.7. The average molecular weight is 432 g/mol. The summed E-state index contributed by atoms with van der Waals surface area (Å²) < 4.78 is 1.85. The van der Waals surface area contributed by atoms with Crippen LogP contribution in [0.2, 0.25) is 5.02 Å². The Balaban J connectivity index is 1.38. The van der Waals surface area contributed by atoms with Crippen molar-refractivity contribution in [2.45, 2.75) is 45.2 Å². The fourth-order valence-electron chi connectivity index (χ4n) is 4.71. The molecule has 8 heteroatoms. The third-order valence-corrected chi connectivity index (χ3v) is 8.46. The lowest BCUT2D eigenvalue weighted by Gasteiger charge is -2.34. The second-order valence-corrected chi connectivity index (χ2v) is 10.1. The number of amides is 1. The smallest absolute Gasteiger partial charge is 0.250 e. The molecule has 2 aliphatic carbocycles. The van der Waals surface area contributed by atoms with E-state index >= 15 is 0 Å². The van der Waals surface area contributed by atoms with Crippen molar-refractivity contribution in [2.75, 3.05) is 5.75 Å². The second kappa shape index (κ2) is 7.43. The number of hydrogen-bond acceptors (Lipinski definition) is 5. The Hall–Kier alpha value is -1.86. The van der Waals surface area contributed by atoms with Gasteiger partial charge in [0.05, 0.1) is 10.8 Å². The molecule has 0 saturated heterocycles. The first kappa shape index (κ1) is 20.4. The predicted octanol–water partition coefficient (Wildman–Crippen LogP) is 4.55. The zero-order chi connectivity index (χ0) is 20.8. The maximum Gasteiger partial charge on any atom is 0.250 e. The van der Waals surface area contributed by atoms with Crippen LogP contribution in [0.1, 0.15) is 40.0 Å². The van der Waals surface area contributed by atoms with E-state index in [0.29, 0.717) is 21.9 Å². The number of thioether (sulfide) groups is 1. The number of carbonyl (C=O) groups is 1. The number of rotatable bonds is 5. The molecule has 1 aromatic heterocycles. The number of hydrazone groups is 1. The summed E-state index contributed by atoms with van der Waals surface area (Å²) in [6.07, 6.45) is 3.39. The first-order valence-electron chi connectivity index (χ1n) is 9.87. The van der Waals surface area contributed by atoms with E-state index in [1.54, 1.807) is 0 Å². The molecule has 154 valence electrons. The maximum absolute atomic E-state index is 12.4. The molecule has 2 fully saturated rings. The quantitative estimate of drug-likeness (QED) is 0.557. The van der Waals surface area contributed by atoms with E-state index in [1.807, 2.05) is 35.9 Å². The minimum absolute atomic E-state index is 0.0888. The van der Waals surface area contributed by atoms with Crippen molar-refractivity contribution in [1.29, 1.82) is 0 Å². The number of nitrogens with one attached hydrogen (secondary N) is 1. The van der Waals surface area contributed by atoms with Gasteiger partial charge < -0.3 is 4.57 Å². The zero-order valence-corrected chi connectivity index (χ0v) is 18.8. The van der Waals surface area contributed by atoms with Gasteiger partial charge in [0, 0.05) is 23.7 Å². The van der Waals surface area contributed by atoms with Gasteiger partial charge in [0.25, 0.3) is 5.91 Å². The number of halogens is 1. The molecule has 2 aliphatic rings. The van der Waals surface area contributed by atoms with Gasteiger partial charge in [-0.05, 0) is 42.7 Å². The van der Waals surface area contributed by atoms with Crippen LogP contribution in [-0.2, 0) is 11.8 Å². The largest absolute Gasteiger partial charge is 0.305 e. The van der Waals surface area contributed by atoms with Crippen molar-refractivity contribution < 1.29 is 4.79 Å². The summed E-state index contributed by atoms with van der Waals surface area (Å²) in [4.78, 5) is 12.4. The molecule has 2 saturated carbocycles. The third kappa shape index (κ3) is 3.38. The van der Waals surface area contributed by atoms with E-state index in [-0.39, 0.29) is 22.5 Å². The van der Waals surface area contributed by atoms with Gasteiger partial charge in [-0.3, -0.25) is 4.79 Å². The van der Waals surface area contributed by atoms with Crippen molar-refractivity contribution in [3.63, 3.8) is 0 Å². The molecule has 0 aliphatic heterocycles. The molecule has 1 heterocycles. The van der Waals surface area contributed by atoms with Crippen LogP contribution < -0.4 is 5.43 Å². The molecule has 0 spiro atoms. The molecule has 1 amide bonds. The molecule has 6 nitrogen and oxygen atoms in total. The van der Waals surface area contributed by atoms with Gasteiger partial charge in [0.15, 0.2) is 11.0 Å². The summed E-state index contributed by atoms with van der Waals surface area (Å²) in [6, 6.07) is 7.51. The molecule has 0 radical (unpaired) electrons. The number of nitrogens with zero attached hydrogens (tertiary/aromatic N) is 4. The van der Waals surface area contributed by atoms with Gasteiger partial charge in [-0.1, -0.05) is 56.3 Å². The number of hydrogen-bond donors (Lipinski definition) is 1. The van der Waals surface area contributed by atoms with Gasteiger partial charge in [-0.15, -0.1) is 10.2 Å². The van der Waals surface area contributed by atoms with E-state index in [0.717, 1.165) is 24.1 Å². The lowest BCUT2D eigenvalue weighted by atomic mass is 9.70. The van der Waals surface area contributed by atoms with Crippen molar-refractivity contribution in [3.05, 3.63) is 29.3 Å². The lowest BCUT2D eigenvalue weighted by Crippen LogP contribution is -2.34. The first-order valence-corrected chi connectivity index (χ1v) is 11.2. The number of aromatic nitrogens is 3. The van der Waals surface area contributed by atoms with Crippen molar-refractivity contribution >= 4 is 35.0 Å². The molecule has 2 bridgehead atoms. The monoisotopic (exact) mass is 431 g/mol. The van der Waals surface area contributed by atoms with E-state index < -0.39 is 0 Å². The van der Waals surface area contributed by atoms with Crippen molar-refractivity contribution in [3.8, 4) is 11.4 Å². The topological polar surface area (TPSA) is 72.2 Å². The number of fused-ring (bicyclic) bond motifs is 2. The van der Waals surface area contributed by atoms with Crippen LogP contribution >= 0.6 is 23.4 Å². The summed E-state index contributed by atoms with van der Waals surface area (Å²) in [6.45, 7) is 6.94. The standard InChI is InChI=1S/C21H26ClN5OS/c1-20(2)13-9-10-21(20,3)16(11-13)23-24-17(28)12-29-19-26-25-18(27(19)4)14-7-5-6-8-15(14)22/h5-8,13H,9-12H2,1-4H3,(H,24,28)/b23-16+. The van der Waals surface area contributed by atoms with Crippen molar-refractivity contribution in [2.24, 2.45) is 28.9 Å². The highest BCUT2D eigenvalue weighted by Gasteiger charge is 2.60. The van der Waals surface area contributed by atoms with Crippen LogP contribution in [-0.4, -0.2) is 32.1 Å². The van der Waals surface area contributed by atoms with Crippen LogP contribution in [0.5, 0.6) is 0 Å². The SMILES string of the molecule is Cn1c(SCC(=O)N/N=C2\CC3CCC2(C)C3(C)C)nnc1-c1ccccc1Cl.